The second-order valence-corrected chi connectivity index (χ2v) is 9.26. The first kappa shape index (κ1) is 25.3. The van der Waals surface area contributed by atoms with E-state index in [0.29, 0.717) is 42.5 Å². The number of aliphatic hydroxyl groups is 1. The van der Waals surface area contributed by atoms with Crippen LogP contribution in [-0.2, 0) is 9.59 Å². The Kier molecular flexibility index (Phi) is 7.99. The second kappa shape index (κ2) is 10.7. The van der Waals surface area contributed by atoms with Crippen LogP contribution in [-0.4, -0.2) is 67.5 Å². The molecule has 0 aliphatic carbocycles. The summed E-state index contributed by atoms with van der Waals surface area (Å²) < 4.78 is 11.2. The Morgan fingerprint density at radius 2 is 1.88 bits per heavy atom. The molecule has 182 valence electrons. The summed E-state index contributed by atoms with van der Waals surface area (Å²) in [5, 5.41) is 11.3. The van der Waals surface area contributed by atoms with Crippen LogP contribution in [0.25, 0.3) is 5.76 Å². The van der Waals surface area contributed by atoms with Crippen molar-refractivity contribution in [2.75, 3.05) is 40.9 Å². The molecular formula is C27H34N2O5. The summed E-state index contributed by atoms with van der Waals surface area (Å²) in [7, 11) is 5.37. The second-order valence-electron chi connectivity index (χ2n) is 9.26. The molecule has 3 rings (SSSR count). The molecule has 34 heavy (non-hydrogen) atoms. The number of benzene rings is 2. The van der Waals surface area contributed by atoms with Gasteiger partial charge in [0.1, 0.15) is 17.3 Å². The number of ketones is 1. The van der Waals surface area contributed by atoms with Gasteiger partial charge in [0.05, 0.1) is 25.3 Å². The molecule has 1 fully saturated rings. The van der Waals surface area contributed by atoms with Gasteiger partial charge in [0.15, 0.2) is 0 Å². The molecule has 0 radical (unpaired) electrons. The summed E-state index contributed by atoms with van der Waals surface area (Å²) in [6.45, 7) is 7.54. The molecule has 1 unspecified atom stereocenters. The van der Waals surface area contributed by atoms with Crippen LogP contribution < -0.4 is 9.47 Å². The fourth-order valence-electron chi connectivity index (χ4n) is 3.95. The van der Waals surface area contributed by atoms with Crippen molar-refractivity contribution in [1.82, 2.24) is 9.80 Å². The predicted molar refractivity (Wildman–Crippen MR) is 132 cm³/mol. The van der Waals surface area contributed by atoms with Gasteiger partial charge in [-0.1, -0.05) is 26.0 Å². The van der Waals surface area contributed by atoms with E-state index in [1.54, 1.807) is 37.4 Å². The molecular weight excluding hydrogens is 432 g/mol. The van der Waals surface area contributed by atoms with E-state index in [-0.39, 0.29) is 11.3 Å². The third kappa shape index (κ3) is 5.42. The lowest BCUT2D eigenvalue weighted by Gasteiger charge is -2.26. The standard InChI is InChI=1S/C27H34N2O5/c1-17(2)16-34-22-11-10-20(14-18(22)3)25(30)23-24(19-8-7-9-21(15-19)33-6)29(13-12-28(4)5)27(32)26(23)31/h7-11,14-15,17,24,30H,12-13,16H2,1-6H3/b25-23-. The van der Waals surface area contributed by atoms with Gasteiger partial charge in [-0.3, -0.25) is 9.59 Å². The van der Waals surface area contributed by atoms with Gasteiger partial charge in [0, 0.05) is 18.7 Å². The number of amides is 1. The average Bonchev–Trinajstić information content (AvgIpc) is 3.06. The minimum absolute atomic E-state index is 0.0762. The minimum atomic E-state index is -0.716. The molecule has 1 aliphatic rings. The van der Waals surface area contributed by atoms with E-state index in [4.69, 9.17) is 9.47 Å². The Balaban J connectivity index is 2.09. The maximum atomic E-state index is 13.2. The molecule has 7 nitrogen and oxygen atoms in total. The summed E-state index contributed by atoms with van der Waals surface area (Å²) in [4.78, 5) is 29.7. The monoisotopic (exact) mass is 466 g/mol. The molecule has 1 atom stereocenters. The number of nitrogens with zero attached hydrogens (tertiary/aromatic N) is 2. The van der Waals surface area contributed by atoms with Crippen LogP contribution >= 0.6 is 0 Å². The van der Waals surface area contributed by atoms with Crippen molar-refractivity contribution in [2.45, 2.75) is 26.8 Å². The molecule has 1 amide bonds. The van der Waals surface area contributed by atoms with E-state index >= 15 is 0 Å². The van der Waals surface area contributed by atoms with Gasteiger partial charge < -0.3 is 24.4 Å². The van der Waals surface area contributed by atoms with Crippen molar-refractivity contribution in [3.05, 3.63) is 64.7 Å². The molecule has 1 heterocycles. The molecule has 1 saturated heterocycles. The molecule has 0 aromatic heterocycles. The SMILES string of the molecule is COc1cccc(C2/C(=C(/O)c3ccc(OCC(C)C)c(C)c3)C(=O)C(=O)N2CCN(C)C)c1. The molecule has 2 aromatic rings. The summed E-state index contributed by atoms with van der Waals surface area (Å²) in [5.41, 5.74) is 2.08. The lowest BCUT2D eigenvalue weighted by Crippen LogP contribution is -2.35. The highest BCUT2D eigenvalue weighted by atomic mass is 16.5. The van der Waals surface area contributed by atoms with Crippen LogP contribution in [0.4, 0.5) is 0 Å². The van der Waals surface area contributed by atoms with Crippen LogP contribution in [0.15, 0.2) is 48.0 Å². The molecule has 0 saturated carbocycles. The molecule has 2 aromatic carbocycles. The van der Waals surface area contributed by atoms with E-state index in [0.717, 1.165) is 11.3 Å². The summed E-state index contributed by atoms with van der Waals surface area (Å²) in [6, 6.07) is 11.8. The zero-order valence-electron chi connectivity index (χ0n) is 20.8. The van der Waals surface area contributed by atoms with E-state index < -0.39 is 17.7 Å². The van der Waals surface area contributed by atoms with Crippen molar-refractivity contribution >= 4 is 17.4 Å². The Morgan fingerprint density at radius 3 is 2.50 bits per heavy atom. The highest BCUT2D eigenvalue weighted by molar-refractivity contribution is 6.46. The highest BCUT2D eigenvalue weighted by Crippen LogP contribution is 2.40. The number of aliphatic hydroxyl groups excluding tert-OH is 1. The number of likely N-dealkylation sites (N-methyl/N-ethyl adjacent to an activating group) is 1. The van der Waals surface area contributed by atoms with Crippen LogP contribution in [0.2, 0.25) is 0 Å². The van der Waals surface area contributed by atoms with E-state index in [1.165, 1.54) is 4.90 Å². The third-order valence-corrected chi connectivity index (χ3v) is 5.76. The molecule has 7 heteroatoms. The molecule has 1 N–H and O–H groups in total. The van der Waals surface area contributed by atoms with Crippen LogP contribution in [0, 0.1) is 12.8 Å². The number of hydrogen-bond donors (Lipinski definition) is 1. The first-order valence-corrected chi connectivity index (χ1v) is 11.4. The van der Waals surface area contributed by atoms with Crippen molar-refractivity contribution in [3.63, 3.8) is 0 Å². The van der Waals surface area contributed by atoms with Gasteiger partial charge in [0.2, 0.25) is 0 Å². The number of likely N-dealkylation sites (tertiary alicyclic amines) is 1. The number of aryl methyl sites for hydroxylation is 1. The van der Waals surface area contributed by atoms with E-state index in [9.17, 15) is 14.7 Å². The third-order valence-electron chi connectivity index (χ3n) is 5.76. The van der Waals surface area contributed by atoms with Crippen molar-refractivity contribution in [1.29, 1.82) is 0 Å². The topological polar surface area (TPSA) is 79.3 Å². The zero-order chi connectivity index (χ0) is 25.0. The van der Waals surface area contributed by atoms with Gasteiger partial charge in [-0.15, -0.1) is 0 Å². The fraction of sp³-hybridized carbons (Fsp3) is 0.407. The van der Waals surface area contributed by atoms with Crippen LogP contribution in [0.1, 0.15) is 36.6 Å². The van der Waals surface area contributed by atoms with Crippen molar-refractivity contribution < 1.29 is 24.2 Å². The molecule has 0 spiro atoms. The summed E-state index contributed by atoms with van der Waals surface area (Å²) in [5.74, 6) is 0.205. The first-order chi connectivity index (χ1) is 16.1. The van der Waals surface area contributed by atoms with Crippen LogP contribution in [0.5, 0.6) is 11.5 Å². The minimum Gasteiger partial charge on any atom is -0.507 e. The number of ether oxygens (including phenoxy) is 2. The zero-order valence-corrected chi connectivity index (χ0v) is 20.8. The largest absolute Gasteiger partial charge is 0.507 e. The lowest BCUT2D eigenvalue weighted by molar-refractivity contribution is -0.140. The van der Waals surface area contributed by atoms with Gasteiger partial charge in [0.25, 0.3) is 11.7 Å². The highest BCUT2D eigenvalue weighted by Gasteiger charge is 2.46. The van der Waals surface area contributed by atoms with Crippen LogP contribution in [0.3, 0.4) is 0 Å². The van der Waals surface area contributed by atoms with E-state index in [2.05, 4.69) is 13.8 Å². The van der Waals surface area contributed by atoms with Gasteiger partial charge in [-0.2, -0.15) is 0 Å². The van der Waals surface area contributed by atoms with Gasteiger partial charge in [-0.25, -0.2) is 0 Å². The fourth-order valence-corrected chi connectivity index (χ4v) is 3.95. The quantitative estimate of drug-likeness (QED) is 0.342. The summed E-state index contributed by atoms with van der Waals surface area (Å²) >= 11 is 0. The maximum Gasteiger partial charge on any atom is 0.295 e. The number of Topliss-reactive ketones (excluding diaryl/α,β-unsaturated/α-hetero) is 1. The Morgan fingerprint density at radius 1 is 1.15 bits per heavy atom. The Bertz CT molecular complexity index is 1090. The summed E-state index contributed by atoms with van der Waals surface area (Å²) in [6.07, 6.45) is 0. The lowest BCUT2D eigenvalue weighted by atomic mass is 9.94. The number of rotatable bonds is 9. The predicted octanol–water partition coefficient (Wildman–Crippen LogP) is 4.02. The maximum absolute atomic E-state index is 13.2. The molecule has 0 bridgehead atoms. The Labute approximate surface area is 201 Å². The van der Waals surface area contributed by atoms with Gasteiger partial charge in [-0.05, 0) is 68.4 Å². The normalized spacial score (nSPS) is 17.6. The smallest absolute Gasteiger partial charge is 0.295 e. The van der Waals surface area contributed by atoms with E-state index in [1.807, 2.05) is 38.1 Å². The molecule has 1 aliphatic heterocycles. The number of carbonyl (C=O) groups is 2. The number of hydrogen-bond acceptors (Lipinski definition) is 6. The number of carbonyl (C=O) groups excluding carboxylic acids is 2. The van der Waals surface area contributed by atoms with Crippen molar-refractivity contribution in [2.24, 2.45) is 5.92 Å². The average molecular weight is 467 g/mol. The number of methoxy groups -OCH3 is 1. The van der Waals surface area contributed by atoms with Gasteiger partial charge >= 0.3 is 0 Å². The first-order valence-electron chi connectivity index (χ1n) is 11.4. The Hall–Kier alpha value is -3.32. The van der Waals surface area contributed by atoms with Crippen molar-refractivity contribution in [3.8, 4) is 11.5 Å².